The van der Waals surface area contributed by atoms with Crippen molar-refractivity contribution in [1.29, 1.82) is 0 Å². The number of aromatic nitrogens is 4. The summed E-state index contributed by atoms with van der Waals surface area (Å²) in [6.45, 7) is 2.72. The van der Waals surface area contributed by atoms with E-state index in [9.17, 15) is 0 Å². The summed E-state index contributed by atoms with van der Waals surface area (Å²) in [5.74, 6) is -1.36. The number of alkyl halides is 2. The van der Waals surface area contributed by atoms with Crippen LogP contribution in [0.15, 0.2) is 60.8 Å². The van der Waals surface area contributed by atoms with Crippen LogP contribution >= 0.6 is 0 Å². The molecule has 0 radical (unpaired) electrons. The molecular weight excluding hydrogens is 506 g/mol. The summed E-state index contributed by atoms with van der Waals surface area (Å²) < 4.78 is 31.8. The lowest BCUT2D eigenvalue weighted by Gasteiger charge is -2.22. The van der Waals surface area contributed by atoms with Crippen molar-refractivity contribution in [2.45, 2.75) is 44.2 Å². The van der Waals surface area contributed by atoms with Gasteiger partial charge in [0, 0.05) is 35.8 Å². The normalized spacial score (nSPS) is 17.6. The maximum Gasteiger partial charge on any atom is 0.299 e. The molecule has 8 rings (SSSR count). The van der Waals surface area contributed by atoms with Crippen molar-refractivity contribution < 1.29 is 8.78 Å². The van der Waals surface area contributed by atoms with Crippen molar-refractivity contribution in [3.05, 3.63) is 77.7 Å². The van der Waals surface area contributed by atoms with Gasteiger partial charge in [-0.25, -0.2) is 9.97 Å². The number of halogens is 2. The molecular formula is C32H30F2N6. The van der Waals surface area contributed by atoms with E-state index in [0.717, 1.165) is 59.3 Å². The van der Waals surface area contributed by atoms with Crippen LogP contribution in [-0.4, -0.2) is 51.0 Å². The molecule has 2 aromatic heterocycles. The molecule has 3 aromatic carbocycles. The second-order valence-electron chi connectivity index (χ2n) is 11.5. The largest absolute Gasteiger partial charge is 0.341 e. The van der Waals surface area contributed by atoms with Gasteiger partial charge in [-0.1, -0.05) is 43.2 Å². The van der Waals surface area contributed by atoms with E-state index in [1.165, 1.54) is 25.7 Å². The summed E-state index contributed by atoms with van der Waals surface area (Å²) in [7, 11) is 2.17. The smallest absolute Gasteiger partial charge is 0.299 e. The van der Waals surface area contributed by atoms with E-state index in [-0.39, 0.29) is 11.1 Å². The molecule has 1 saturated carbocycles. The zero-order valence-electron chi connectivity index (χ0n) is 22.3. The van der Waals surface area contributed by atoms with Crippen LogP contribution in [-0.2, 0) is 12.5 Å². The van der Waals surface area contributed by atoms with E-state index >= 15 is 8.78 Å². The molecule has 0 atom stereocenters. The Morgan fingerprint density at radius 1 is 0.900 bits per heavy atom. The van der Waals surface area contributed by atoms with Crippen LogP contribution in [0.25, 0.3) is 44.5 Å². The van der Waals surface area contributed by atoms with Crippen LogP contribution in [0, 0.1) is 0 Å². The Balaban J connectivity index is 1.09. The molecule has 1 saturated heterocycles. The average molecular weight is 537 g/mol. The van der Waals surface area contributed by atoms with Crippen molar-refractivity contribution in [3.63, 3.8) is 0 Å². The van der Waals surface area contributed by atoms with E-state index in [1.54, 1.807) is 18.3 Å². The van der Waals surface area contributed by atoms with Crippen molar-refractivity contribution in [2.75, 3.05) is 25.0 Å². The first-order valence-electron chi connectivity index (χ1n) is 14.1. The number of H-pyrrole nitrogens is 2. The Kier molecular flexibility index (Phi) is 5.20. The highest BCUT2D eigenvalue weighted by molar-refractivity contribution is 5.86. The number of nitrogens with one attached hydrogen (secondary N) is 2. The monoisotopic (exact) mass is 536 g/mol. The molecule has 5 aromatic rings. The summed E-state index contributed by atoms with van der Waals surface area (Å²) in [5, 5.41) is 0. The molecule has 40 heavy (non-hydrogen) atoms. The van der Waals surface area contributed by atoms with Crippen LogP contribution in [0.2, 0.25) is 0 Å². The van der Waals surface area contributed by atoms with Crippen molar-refractivity contribution in [1.82, 2.24) is 24.8 Å². The van der Waals surface area contributed by atoms with Gasteiger partial charge in [0.25, 0.3) is 5.92 Å². The third-order valence-electron chi connectivity index (χ3n) is 8.84. The summed E-state index contributed by atoms with van der Waals surface area (Å²) in [5.41, 5.74) is 6.21. The number of fused-ring (bicyclic) bond motifs is 4. The topological polar surface area (TPSA) is 63.6 Å². The Morgan fingerprint density at radius 3 is 2.33 bits per heavy atom. The van der Waals surface area contributed by atoms with Crippen molar-refractivity contribution >= 4 is 17.0 Å². The zero-order valence-corrected chi connectivity index (χ0v) is 22.3. The molecule has 8 heteroatoms. The van der Waals surface area contributed by atoms with Gasteiger partial charge in [0.1, 0.15) is 5.82 Å². The van der Waals surface area contributed by atoms with Crippen LogP contribution in [0.1, 0.15) is 42.6 Å². The van der Waals surface area contributed by atoms with Crippen molar-refractivity contribution in [2.24, 2.45) is 0 Å². The third kappa shape index (κ3) is 3.84. The van der Waals surface area contributed by atoms with Gasteiger partial charge in [0.15, 0.2) is 0 Å². The minimum Gasteiger partial charge on any atom is -0.341 e. The van der Waals surface area contributed by atoms with E-state index in [0.29, 0.717) is 22.7 Å². The Bertz CT molecular complexity index is 1760. The number of rotatable bonds is 6. The lowest BCUT2D eigenvalue weighted by Crippen LogP contribution is -2.28. The molecule has 0 unspecified atom stereocenters. The van der Waals surface area contributed by atoms with Gasteiger partial charge in [0.2, 0.25) is 5.95 Å². The maximum atomic E-state index is 15.9. The average Bonchev–Trinajstić information content (AvgIpc) is 3.32. The van der Waals surface area contributed by atoms with Gasteiger partial charge in [-0.2, -0.15) is 8.78 Å². The van der Waals surface area contributed by atoms with Crippen LogP contribution in [0.4, 0.5) is 14.7 Å². The Hall–Kier alpha value is -4.04. The van der Waals surface area contributed by atoms with Gasteiger partial charge < -0.3 is 14.9 Å². The van der Waals surface area contributed by atoms with Gasteiger partial charge in [-0.15, -0.1) is 0 Å². The lowest BCUT2D eigenvalue weighted by molar-refractivity contribution is 0.0481. The van der Waals surface area contributed by atoms with Crippen molar-refractivity contribution in [3.8, 4) is 33.5 Å². The summed E-state index contributed by atoms with van der Waals surface area (Å²) in [4.78, 5) is 20.4. The third-order valence-corrected chi connectivity index (χ3v) is 8.84. The first kappa shape index (κ1) is 23.8. The number of nitrogens with zero attached hydrogens (tertiary/aromatic N) is 4. The molecule has 0 spiro atoms. The lowest BCUT2D eigenvalue weighted by atomic mass is 9.98. The van der Waals surface area contributed by atoms with E-state index in [2.05, 4.69) is 31.8 Å². The number of hydrogen-bond acceptors (Lipinski definition) is 4. The zero-order chi connectivity index (χ0) is 27.0. The minimum absolute atomic E-state index is 0.0417. The standard InChI is InChI=1S/C32H30F2N6/c1-39(22-4-2-3-5-22)18-30-36-27-11-8-20(16-28(27)37-30)19-6-9-23-24-10-7-21(15-26(24)32(33,34)25(23)14-19)29-17-35-31(38-29)40-12-13-40/h6-11,14-17,22H,2-5,12-13,18H2,1H3,(H,35,38)(H,36,37). The first-order chi connectivity index (χ1) is 19.4. The fraction of sp³-hybridized carbons (Fsp3) is 0.312. The molecule has 1 aliphatic heterocycles. The second-order valence-corrected chi connectivity index (χ2v) is 11.5. The fourth-order valence-electron chi connectivity index (χ4n) is 6.48. The minimum atomic E-state index is -3.09. The van der Waals surface area contributed by atoms with E-state index in [1.807, 2.05) is 42.5 Å². The number of imidazole rings is 2. The van der Waals surface area contributed by atoms with E-state index in [4.69, 9.17) is 4.98 Å². The molecule has 202 valence electrons. The SMILES string of the molecule is CN(Cc1nc2ccc(-c3ccc4c(c3)C(F)(F)c3cc(-c5cnc(N6CC6)[nH]5)ccc3-4)cc2[nH]1)C1CCCC1. The highest BCUT2D eigenvalue weighted by atomic mass is 19.3. The second kappa shape index (κ2) is 8.73. The number of aromatic amines is 2. The van der Waals surface area contributed by atoms with Gasteiger partial charge in [-0.05, 0) is 66.4 Å². The maximum absolute atomic E-state index is 15.9. The number of benzene rings is 3. The predicted molar refractivity (Wildman–Crippen MR) is 153 cm³/mol. The quantitative estimate of drug-likeness (QED) is 0.231. The highest BCUT2D eigenvalue weighted by Gasteiger charge is 2.44. The van der Waals surface area contributed by atoms with Crippen LogP contribution in [0.5, 0.6) is 0 Å². The predicted octanol–water partition coefficient (Wildman–Crippen LogP) is 6.93. The van der Waals surface area contributed by atoms with Gasteiger partial charge >= 0.3 is 0 Å². The van der Waals surface area contributed by atoms with Crippen LogP contribution in [0.3, 0.4) is 0 Å². The highest BCUT2D eigenvalue weighted by Crippen LogP contribution is 2.52. The van der Waals surface area contributed by atoms with Gasteiger partial charge in [0.05, 0.1) is 29.5 Å². The number of hydrogen-bond donors (Lipinski definition) is 2. The summed E-state index contributed by atoms with van der Waals surface area (Å²) >= 11 is 0. The molecule has 3 heterocycles. The Labute approximate surface area is 231 Å². The molecule has 0 amide bonds. The molecule has 2 N–H and O–H groups in total. The molecule has 3 aliphatic rings. The van der Waals surface area contributed by atoms with Crippen LogP contribution < -0.4 is 4.90 Å². The Morgan fingerprint density at radius 2 is 1.57 bits per heavy atom. The molecule has 2 aliphatic carbocycles. The molecule has 6 nitrogen and oxygen atoms in total. The summed E-state index contributed by atoms with van der Waals surface area (Å²) in [6, 6.07) is 17.3. The number of anilines is 1. The summed E-state index contributed by atoms with van der Waals surface area (Å²) in [6.07, 6.45) is 6.82. The first-order valence-corrected chi connectivity index (χ1v) is 14.1. The molecule has 0 bridgehead atoms. The fourth-order valence-corrected chi connectivity index (χ4v) is 6.48. The van der Waals surface area contributed by atoms with E-state index < -0.39 is 5.92 Å². The van der Waals surface area contributed by atoms with Gasteiger partial charge in [-0.3, -0.25) is 4.90 Å². The molecule has 2 fully saturated rings.